The summed E-state index contributed by atoms with van der Waals surface area (Å²) in [4.78, 5) is 20.2. The smallest absolute Gasteiger partial charge is 0.338 e. The number of nitrogens with one attached hydrogen (secondary N) is 2. The zero-order chi connectivity index (χ0) is 19.1. The van der Waals surface area contributed by atoms with Crippen LogP contribution in [0.5, 0.6) is 0 Å². The Bertz CT molecular complexity index is 899. The van der Waals surface area contributed by atoms with E-state index >= 15 is 0 Å². The standard InChI is InChI=1S/C20H19FN4O2/c1-2-27-19(26)15-5-9-17(10-6-15)24-18-11-12-22-20(25-18)23-13-14-3-7-16(21)8-4-14/h3-12H,2,13H2,1H3,(H2,22,23,24,25). The van der Waals surface area contributed by atoms with Gasteiger partial charge < -0.3 is 15.4 Å². The van der Waals surface area contributed by atoms with E-state index in [0.717, 1.165) is 11.3 Å². The summed E-state index contributed by atoms with van der Waals surface area (Å²) in [6, 6.07) is 14.9. The first-order valence-corrected chi connectivity index (χ1v) is 8.49. The van der Waals surface area contributed by atoms with Crippen LogP contribution in [0.4, 0.5) is 21.8 Å². The van der Waals surface area contributed by atoms with Crippen LogP contribution in [0.2, 0.25) is 0 Å². The predicted octanol–water partition coefficient (Wildman–Crippen LogP) is 4.15. The van der Waals surface area contributed by atoms with Crippen LogP contribution in [0.1, 0.15) is 22.8 Å². The minimum atomic E-state index is -0.349. The van der Waals surface area contributed by atoms with E-state index < -0.39 is 0 Å². The van der Waals surface area contributed by atoms with Crippen molar-refractivity contribution in [3.05, 3.63) is 77.7 Å². The maximum Gasteiger partial charge on any atom is 0.338 e. The van der Waals surface area contributed by atoms with E-state index in [2.05, 4.69) is 20.6 Å². The summed E-state index contributed by atoms with van der Waals surface area (Å²) >= 11 is 0. The Labute approximate surface area is 156 Å². The van der Waals surface area contributed by atoms with Crippen molar-refractivity contribution in [1.82, 2.24) is 9.97 Å². The van der Waals surface area contributed by atoms with Crippen molar-refractivity contribution in [3.63, 3.8) is 0 Å². The molecule has 2 N–H and O–H groups in total. The van der Waals surface area contributed by atoms with E-state index in [-0.39, 0.29) is 11.8 Å². The van der Waals surface area contributed by atoms with Gasteiger partial charge in [-0.3, -0.25) is 0 Å². The highest BCUT2D eigenvalue weighted by molar-refractivity contribution is 5.89. The molecule has 3 aromatic rings. The molecule has 0 radical (unpaired) electrons. The van der Waals surface area contributed by atoms with Gasteiger partial charge in [-0.1, -0.05) is 12.1 Å². The maximum absolute atomic E-state index is 12.9. The Balaban J connectivity index is 1.61. The van der Waals surface area contributed by atoms with Gasteiger partial charge in [-0.15, -0.1) is 0 Å². The highest BCUT2D eigenvalue weighted by Crippen LogP contribution is 2.17. The summed E-state index contributed by atoms with van der Waals surface area (Å²) in [5.74, 6) is 0.441. The van der Waals surface area contributed by atoms with Crippen molar-refractivity contribution in [2.75, 3.05) is 17.2 Å². The highest BCUT2D eigenvalue weighted by atomic mass is 19.1. The van der Waals surface area contributed by atoms with Crippen LogP contribution in [-0.4, -0.2) is 22.5 Å². The van der Waals surface area contributed by atoms with Crippen LogP contribution >= 0.6 is 0 Å². The molecule has 138 valence electrons. The number of anilines is 3. The third-order valence-electron chi connectivity index (χ3n) is 3.69. The number of hydrogen-bond donors (Lipinski definition) is 2. The topological polar surface area (TPSA) is 76.1 Å². The summed E-state index contributed by atoms with van der Waals surface area (Å²) in [5, 5.41) is 6.25. The van der Waals surface area contributed by atoms with E-state index in [9.17, 15) is 9.18 Å². The fraction of sp³-hybridized carbons (Fsp3) is 0.150. The highest BCUT2D eigenvalue weighted by Gasteiger charge is 2.06. The molecule has 27 heavy (non-hydrogen) atoms. The molecule has 0 aliphatic heterocycles. The van der Waals surface area contributed by atoms with E-state index in [1.165, 1.54) is 12.1 Å². The molecule has 0 saturated carbocycles. The SMILES string of the molecule is CCOC(=O)c1ccc(Nc2ccnc(NCc3ccc(F)cc3)n2)cc1. The fourth-order valence-corrected chi connectivity index (χ4v) is 2.35. The average Bonchev–Trinajstić information content (AvgIpc) is 2.69. The van der Waals surface area contributed by atoms with Crippen molar-refractivity contribution in [2.45, 2.75) is 13.5 Å². The minimum Gasteiger partial charge on any atom is -0.462 e. The summed E-state index contributed by atoms with van der Waals surface area (Å²) in [5.41, 5.74) is 2.20. The van der Waals surface area contributed by atoms with Gasteiger partial charge >= 0.3 is 5.97 Å². The molecule has 0 saturated heterocycles. The number of esters is 1. The Kier molecular flexibility index (Phi) is 5.94. The molecule has 0 amide bonds. The summed E-state index contributed by atoms with van der Waals surface area (Å²) < 4.78 is 17.9. The van der Waals surface area contributed by atoms with Crippen molar-refractivity contribution in [1.29, 1.82) is 0 Å². The molecule has 0 fully saturated rings. The molecule has 0 unspecified atom stereocenters. The van der Waals surface area contributed by atoms with Gasteiger partial charge in [0.2, 0.25) is 5.95 Å². The predicted molar refractivity (Wildman–Crippen MR) is 101 cm³/mol. The van der Waals surface area contributed by atoms with Crippen LogP contribution in [0.25, 0.3) is 0 Å². The quantitative estimate of drug-likeness (QED) is 0.612. The molecule has 1 aromatic heterocycles. The second-order valence-electron chi connectivity index (χ2n) is 5.67. The third kappa shape index (κ3) is 5.24. The fourth-order valence-electron chi connectivity index (χ4n) is 2.35. The minimum absolute atomic E-state index is 0.268. The number of carbonyl (C=O) groups excluding carboxylic acids is 1. The largest absolute Gasteiger partial charge is 0.462 e. The molecule has 0 spiro atoms. The number of ether oxygens (including phenoxy) is 1. The number of carbonyl (C=O) groups is 1. The second-order valence-corrected chi connectivity index (χ2v) is 5.67. The van der Waals surface area contributed by atoms with Gasteiger partial charge in [-0.25, -0.2) is 14.2 Å². The average molecular weight is 366 g/mol. The molecule has 7 heteroatoms. The van der Waals surface area contributed by atoms with Crippen molar-refractivity contribution < 1.29 is 13.9 Å². The maximum atomic E-state index is 12.9. The summed E-state index contributed by atoms with van der Waals surface area (Å²) in [7, 11) is 0. The van der Waals surface area contributed by atoms with E-state index in [4.69, 9.17) is 4.74 Å². The van der Waals surface area contributed by atoms with Gasteiger partial charge in [0.15, 0.2) is 0 Å². The van der Waals surface area contributed by atoms with Crippen LogP contribution in [-0.2, 0) is 11.3 Å². The van der Waals surface area contributed by atoms with E-state index in [1.807, 2.05) is 0 Å². The number of rotatable bonds is 7. The molecular formula is C20H19FN4O2. The van der Waals surface area contributed by atoms with Crippen molar-refractivity contribution in [3.8, 4) is 0 Å². The normalized spacial score (nSPS) is 10.3. The monoisotopic (exact) mass is 366 g/mol. The number of halogens is 1. The van der Waals surface area contributed by atoms with Crippen LogP contribution in [0.15, 0.2) is 60.8 Å². The first-order chi connectivity index (χ1) is 13.1. The Morgan fingerprint density at radius 1 is 1.07 bits per heavy atom. The molecule has 6 nitrogen and oxygen atoms in total. The molecule has 2 aromatic carbocycles. The lowest BCUT2D eigenvalue weighted by Crippen LogP contribution is -2.06. The van der Waals surface area contributed by atoms with Crippen molar-refractivity contribution in [2.24, 2.45) is 0 Å². The van der Waals surface area contributed by atoms with Crippen LogP contribution < -0.4 is 10.6 Å². The first-order valence-electron chi connectivity index (χ1n) is 8.49. The number of benzene rings is 2. The molecular weight excluding hydrogens is 347 g/mol. The van der Waals surface area contributed by atoms with E-state index in [1.54, 1.807) is 55.6 Å². The van der Waals surface area contributed by atoms with Gasteiger partial charge in [0.1, 0.15) is 11.6 Å². The van der Waals surface area contributed by atoms with Crippen LogP contribution in [0.3, 0.4) is 0 Å². The second kappa shape index (κ2) is 8.75. The zero-order valence-electron chi connectivity index (χ0n) is 14.8. The van der Waals surface area contributed by atoms with Crippen molar-refractivity contribution >= 4 is 23.4 Å². The van der Waals surface area contributed by atoms with Gasteiger partial charge in [0, 0.05) is 18.4 Å². The lowest BCUT2D eigenvalue weighted by atomic mass is 10.2. The molecule has 3 rings (SSSR count). The first kappa shape index (κ1) is 18.3. The molecule has 1 heterocycles. The number of aromatic nitrogens is 2. The molecule has 0 aliphatic rings. The number of nitrogens with zero attached hydrogens (tertiary/aromatic N) is 2. The van der Waals surface area contributed by atoms with Gasteiger partial charge in [0.05, 0.1) is 12.2 Å². The molecule has 0 aliphatic carbocycles. The third-order valence-corrected chi connectivity index (χ3v) is 3.69. The summed E-state index contributed by atoms with van der Waals surface area (Å²) in [6.07, 6.45) is 1.63. The van der Waals surface area contributed by atoms with Crippen LogP contribution in [0, 0.1) is 5.82 Å². The Morgan fingerprint density at radius 2 is 1.81 bits per heavy atom. The lowest BCUT2D eigenvalue weighted by Gasteiger charge is -2.09. The Hall–Kier alpha value is -3.48. The summed E-state index contributed by atoms with van der Waals surface area (Å²) in [6.45, 7) is 2.59. The van der Waals surface area contributed by atoms with E-state index in [0.29, 0.717) is 30.5 Å². The zero-order valence-corrected chi connectivity index (χ0v) is 14.8. The van der Waals surface area contributed by atoms with Gasteiger partial charge in [-0.05, 0) is 55.0 Å². The lowest BCUT2D eigenvalue weighted by molar-refractivity contribution is 0.0526. The molecule has 0 atom stereocenters. The van der Waals surface area contributed by atoms with Gasteiger partial charge in [0.25, 0.3) is 0 Å². The number of hydrogen-bond acceptors (Lipinski definition) is 6. The Morgan fingerprint density at radius 3 is 2.52 bits per heavy atom. The molecule has 0 bridgehead atoms. The van der Waals surface area contributed by atoms with Gasteiger partial charge in [-0.2, -0.15) is 4.98 Å².